The molecule has 0 N–H and O–H groups in total. The van der Waals surface area contributed by atoms with Crippen molar-refractivity contribution < 1.29 is 9.53 Å². The number of anilines is 1. The number of piperazine rings is 1. The summed E-state index contributed by atoms with van der Waals surface area (Å²) in [5, 5.41) is 0. The van der Waals surface area contributed by atoms with E-state index in [1.165, 1.54) is 44.2 Å². The van der Waals surface area contributed by atoms with E-state index in [0.29, 0.717) is 12.1 Å². The number of unbranched alkanes of at least 4 members (excludes halogenated alkanes) is 1. The molecule has 0 atom stereocenters. The van der Waals surface area contributed by atoms with Crippen molar-refractivity contribution in [3.63, 3.8) is 0 Å². The number of para-hydroxylation sites is 2. The quantitative estimate of drug-likeness (QED) is 0.530. The van der Waals surface area contributed by atoms with Crippen LogP contribution in [0.25, 0.3) is 0 Å². The van der Waals surface area contributed by atoms with Crippen LogP contribution in [0.1, 0.15) is 58.8 Å². The van der Waals surface area contributed by atoms with Crippen molar-refractivity contribution in [2.75, 3.05) is 57.3 Å². The molecule has 0 radical (unpaired) electrons. The lowest BCUT2D eigenvalue weighted by Crippen LogP contribution is -2.46. The first-order valence-corrected chi connectivity index (χ1v) is 12.9. The van der Waals surface area contributed by atoms with Gasteiger partial charge in [0.2, 0.25) is 0 Å². The highest BCUT2D eigenvalue weighted by atomic mass is 16.5. The molecule has 0 spiro atoms. The molecule has 2 heterocycles. The van der Waals surface area contributed by atoms with E-state index >= 15 is 0 Å². The zero-order valence-corrected chi connectivity index (χ0v) is 20.2. The standard InChI is InChI=1S/C26H42N4O2/c1-22(2)32-25-13-7-6-12-24(25)28-18-16-27(17-19-28)14-8-9-15-29-20-21-30(26(29)31)23-10-4-3-5-11-23/h6-7,12-13,22-23H,3-5,8-11,14-21H2,1-2H3. The van der Waals surface area contributed by atoms with Gasteiger partial charge in [-0.25, -0.2) is 4.79 Å². The Labute approximate surface area is 194 Å². The lowest BCUT2D eigenvalue weighted by Gasteiger charge is -2.37. The monoisotopic (exact) mass is 442 g/mol. The zero-order chi connectivity index (χ0) is 22.3. The fourth-order valence-corrected chi connectivity index (χ4v) is 5.46. The molecule has 3 aliphatic rings. The minimum atomic E-state index is 0.190. The van der Waals surface area contributed by atoms with Crippen molar-refractivity contribution in [1.82, 2.24) is 14.7 Å². The SMILES string of the molecule is CC(C)Oc1ccccc1N1CCN(CCCCN2CCN(C3CCCCC3)C2=O)CC1. The van der Waals surface area contributed by atoms with Crippen molar-refractivity contribution in [1.29, 1.82) is 0 Å². The summed E-state index contributed by atoms with van der Waals surface area (Å²) in [6, 6.07) is 9.22. The van der Waals surface area contributed by atoms with Crippen LogP contribution in [-0.2, 0) is 0 Å². The van der Waals surface area contributed by atoms with Gasteiger partial charge in [0.15, 0.2) is 0 Å². The number of urea groups is 1. The molecule has 6 nitrogen and oxygen atoms in total. The van der Waals surface area contributed by atoms with Gasteiger partial charge in [-0.2, -0.15) is 0 Å². The van der Waals surface area contributed by atoms with E-state index in [4.69, 9.17) is 4.74 Å². The number of amides is 2. The maximum atomic E-state index is 12.8. The summed E-state index contributed by atoms with van der Waals surface area (Å²) >= 11 is 0. The molecular weight excluding hydrogens is 400 g/mol. The average Bonchev–Trinajstić information content (AvgIpc) is 3.18. The maximum absolute atomic E-state index is 12.8. The zero-order valence-electron chi connectivity index (χ0n) is 20.2. The van der Waals surface area contributed by atoms with E-state index in [9.17, 15) is 4.79 Å². The van der Waals surface area contributed by atoms with Gasteiger partial charge < -0.3 is 19.4 Å². The summed E-state index contributed by atoms with van der Waals surface area (Å²) in [4.78, 5) is 22.1. The molecule has 2 aliphatic heterocycles. The van der Waals surface area contributed by atoms with Crippen LogP contribution in [-0.4, -0.2) is 85.2 Å². The Hall–Kier alpha value is -1.95. The van der Waals surface area contributed by atoms with Crippen molar-refractivity contribution >= 4 is 11.7 Å². The minimum Gasteiger partial charge on any atom is -0.489 e. The molecular formula is C26H42N4O2. The number of hydrogen-bond donors (Lipinski definition) is 0. The molecule has 1 aromatic rings. The van der Waals surface area contributed by atoms with Crippen LogP contribution in [0.15, 0.2) is 24.3 Å². The third-order valence-electron chi connectivity index (χ3n) is 7.24. The van der Waals surface area contributed by atoms with Crippen LogP contribution in [0, 0.1) is 0 Å². The number of rotatable bonds is 9. The summed E-state index contributed by atoms with van der Waals surface area (Å²) in [6.07, 6.45) is 8.80. The van der Waals surface area contributed by atoms with E-state index in [0.717, 1.165) is 64.5 Å². The van der Waals surface area contributed by atoms with Crippen LogP contribution in [0.4, 0.5) is 10.5 Å². The van der Waals surface area contributed by atoms with E-state index in [1.54, 1.807) is 0 Å². The molecule has 178 valence electrons. The highest BCUT2D eigenvalue weighted by molar-refractivity contribution is 5.76. The molecule has 32 heavy (non-hydrogen) atoms. The van der Waals surface area contributed by atoms with Gasteiger partial charge in [0, 0.05) is 51.9 Å². The topological polar surface area (TPSA) is 39.3 Å². The molecule has 2 amide bonds. The molecule has 0 unspecified atom stereocenters. The van der Waals surface area contributed by atoms with E-state index in [-0.39, 0.29) is 6.10 Å². The number of hydrogen-bond acceptors (Lipinski definition) is 4. The van der Waals surface area contributed by atoms with E-state index in [1.807, 2.05) is 0 Å². The molecule has 6 heteroatoms. The fraction of sp³-hybridized carbons (Fsp3) is 0.731. The van der Waals surface area contributed by atoms with Crippen molar-refractivity contribution in [2.24, 2.45) is 0 Å². The third-order valence-corrected chi connectivity index (χ3v) is 7.24. The minimum absolute atomic E-state index is 0.190. The van der Waals surface area contributed by atoms with Gasteiger partial charge in [-0.15, -0.1) is 0 Å². The number of benzene rings is 1. The molecule has 1 saturated carbocycles. The van der Waals surface area contributed by atoms with E-state index < -0.39 is 0 Å². The molecule has 1 aliphatic carbocycles. The smallest absolute Gasteiger partial charge is 0.320 e. The Balaban J connectivity index is 1.15. The highest BCUT2D eigenvalue weighted by Gasteiger charge is 2.33. The average molecular weight is 443 g/mol. The van der Waals surface area contributed by atoms with Gasteiger partial charge in [0.1, 0.15) is 5.75 Å². The Morgan fingerprint density at radius 3 is 2.38 bits per heavy atom. The molecule has 0 aromatic heterocycles. The summed E-state index contributed by atoms with van der Waals surface area (Å²) in [5.41, 5.74) is 1.22. The Kier molecular flexibility index (Phi) is 8.17. The maximum Gasteiger partial charge on any atom is 0.320 e. The first kappa shape index (κ1) is 23.2. The Morgan fingerprint density at radius 2 is 1.62 bits per heavy atom. The van der Waals surface area contributed by atoms with Crippen LogP contribution >= 0.6 is 0 Å². The molecule has 4 rings (SSSR count). The van der Waals surface area contributed by atoms with Crippen LogP contribution < -0.4 is 9.64 Å². The van der Waals surface area contributed by atoms with Gasteiger partial charge in [-0.3, -0.25) is 4.90 Å². The van der Waals surface area contributed by atoms with Gasteiger partial charge in [0.25, 0.3) is 0 Å². The Morgan fingerprint density at radius 1 is 0.906 bits per heavy atom. The lowest BCUT2D eigenvalue weighted by atomic mass is 9.94. The summed E-state index contributed by atoms with van der Waals surface area (Å²) in [7, 11) is 0. The second-order valence-electron chi connectivity index (χ2n) is 9.92. The first-order chi connectivity index (χ1) is 15.6. The van der Waals surface area contributed by atoms with Gasteiger partial charge >= 0.3 is 6.03 Å². The number of carbonyl (C=O) groups is 1. The predicted octanol–water partition coefficient (Wildman–Crippen LogP) is 4.45. The summed E-state index contributed by atoms with van der Waals surface area (Å²) in [6.45, 7) is 12.3. The van der Waals surface area contributed by atoms with Crippen molar-refractivity contribution in [3.8, 4) is 5.75 Å². The largest absolute Gasteiger partial charge is 0.489 e. The molecule has 3 fully saturated rings. The van der Waals surface area contributed by atoms with Gasteiger partial charge in [-0.1, -0.05) is 31.4 Å². The second-order valence-corrected chi connectivity index (χ2v) is 9.92. The fourth-order valence-electron chi connectivity index (χ4n) is 5.46. The number of carbonyl (C=O) groups excluding carboxylic acids is 1. The molecule has 2 saturated heterocycles. The number of ether oxygens (including phenoxy) is 1. The second kappa shape index (κ2) is 11.3. The first-order valence-electron chi connectivity index (χ1n) is 12.9. The van der Waals surface area contributed by atoms with Crippen LogP contribution in [0.2, 0.25) is 0 Å². The van der Waals surface area contributed by atoms with Crippen molar-refractivity contribution in [3.05, 3.63) is 24.3 Å². The third kappa shape index (κ3) is 5.89. The van der Waals surface area contributed by atoms with Crippen LogP contribution in [0.3, 0.4) is 0 Å². The normalized spacial score (nSPS) is 21.1. The molecule has 0 bridgehead atoms. The number of nitrogens with zero attached hydrogens (tertiary/aromatic N) is 4. The Bertz CT molecular complexity index is 726. The predicted molar refractivity (Wildman–Crippen MR) is 131 cm³/mol. The van der Waals surface area contributed by atoms with Crippen LogP contribution in [0.5, 0.6) is 5.75 Å². The van der Waals surface area contributed by atoms with Gasteiger partial charge in [0.05, 0.1) is 11.8 Å². The van der Waals surface area contributed by atoms with Crippen molar-refractivity contribution in [2.45, 2.75) is 70.9 Å². The summed E-state index contributed by atoms with van der Waals surface area (Å²) < 4.78 is 6.02. The lowest BCUT2D eigenvalue weighted by molar-refractivity contribution is 0.162. The molecule has 1 aromatic carbocycles. The summed E-state index contributed by atoms with van der Waals surface area (Å²) in [5.74, 6) is 0.994. The highest BCUT2D eigenvalue weighted by Crippen LogP contribution is 2.30. The van der Waals surface area contributed by atoms with Gasteiger partial charge in [-0.05, 0) is 58.2 Å². The van der Waals surface area contributed by atoms with E-state index in [2.05, 4.69) is 57.7 Å².